The number of hydrogen-bond donors (Lipinski definition) is 1. The molecule has 1 amide bonds. The molecule has 0 atom stereocenters. The third-order valence-electron chi connectivity index (χ3n) is 3.30. The molecule has 0 aliphatic rings. The van der Waals surface area contributed by atoms with Crippen LogP contribution in [0.25, 0.3) is 21.0 Å². The molecule has 6 heteroatoms. The fraction of sp³-hybridized carbons (Fsp3) is 0. The fourth-order valence-corrected chi connectivity index (χ4v) is 3.17. The fourth-order valence-electron chi connectivity index (χ4n) is 2.29. The van der Waals surface area contributed by atoms with Gasteiger partial charge in [0.25, 0.3) is 5.91 Å². The number of nitrogens with one attached hydrogen (secondary N) is 1. The second-order valence-corrected chi connectivity index (χ2v) is 5.73. The zero-order chi connectivity index (χ0) is 14.9. The molecule has 0 spiro atoms. The van der Waals surface area contributed by atoms with Gasteiger partial charge in [0.1, 0.15) is 5.69 Å². The Labute approximate surface area is 129 Å². The molecule has 0 radical (unpaired) electrons. The number of benzene rings is 2. The van der Waals surface area contributed by atoms with Crippen molar-refractivity contribution in [3.05, 3.63) is 60.7 Å². The maximum atomic E-state index is 12.1. The number of hydrogen-bond acceptors (Lipinski definition) is 5. The van der Waals surface area contributed by atoms with E-state index >= 15 is 0 Å². The molecule has 2 heterocycles. The van der Waals surface area contributed by atoms with Gasteiger partial charge in [-0.3, -0.25) is 15.1 Å². The molecule has 5 nitrogen and oxygen atoms in total. The molecule has 0 unspecified atom stereocenters. The van der Waals surface area contributed by atoms with Crippen molar-refractivity contribution in [1.29, 1.82) is 0 Å². The van der Waals surface area contributed by atoms with E-state index in [9.17, 15) is 4.79 Å². The highest BCUT2D eigenvalue weighted by Crippen LogP contribution is 2.31. The van der Waals surface area contributed by atoms with E-state index in [4.69, 9.17) is 0 Å². The summed E-state index contributed by atoms with van der Waals surface area (Å²) in [6.07, 6.45) is 4.44. The van der Waals surface area contributed by atoms with Crippen LogP contribution in [0.15, 0.2) is 55.0 Å². The van der Waals surface area contributed by atoms with Crippen LogP contribution >= 0.6 is 11.3 Å². The van der Waals surface area contributed by atoms with Gasteiger partial charge in [0.05, 0.1) is 16.4 Å². The first-order chi connectivity index (χ1) is 10.8. The van der Waals surface area contributed by atoms with Crippen molar-refractivity contribution in [2.75, 3.05) is 5.32 Å². The standard InChI is InChI=1S/C16H10N4OS/c21-15(12-9-17-7-8-18-12)20-16-19-14-11-4-2-1-3-10(11)5-6-13(14)22-16/h1-9H,(H,19,20,21). The normalized spacial score (nSPS) is 10.9. The first-order valence-corrected chi connectivity index (χ1v) is 7.48. The second-order valence-electron chi connectivity index (χ2n) is 4.70. The lowest BCUT2D eigenvalue weighted by molar-refractivity contribution is 0.102. The molecule has 0 saturated carbocycles. The largest absolute Gasteiger partial charge is 0.296 e. The number of rotatable bonds is 2. The molecule has 0 aliphatic carbocycles. The summed E-state index contributed by atoms with van der Waals surface area (Å²) in [5, 5.41) is 5.55. The van der Waals surface area contributed by atoms with Crippen molar-refractivity contribution in [3.63, 3.8) is 0 Å². The van der Waals surface area contributed by atoms with Crippen LogP contribution in [0.1, 0.15) is 10.5 Å². The van der Waals surface area contributed by atoms with Crippen LogP contribution in [0.4, 0.5) is 5.13 Å². The number of anilines is 1. The Bertz CT molecular complexity index is 981. The van der Waals surface area contributed by atoms with Crippen molar-refractivity contribution in [2.45, 2.75) is 0 Å². The number of carbonyl (C=O) groups is 1. The summed E-state index contributed by atoms with van der Waals surface area (Å²) in [5.41, 5.74) is 1.17. The maximum absolute atomic E-state index is 12.1. The Morgan fingerprint density at radius 3 is 2.86 bits per heavy atom. The van der Waals surface area contributed by atoms with Crippen LogP contribution in [0.2, 0.25) is 0 Å². The molecule has 22 heavy (non-hydrogen) atoms. The van der Waals surface area contributed by atoms with E-state index < -0.39 is 0 Å². The Balaban J connectivity index is 1.74. The van der Waals surface area contributed by atoms with Gasteiger partial charge in [-0.05, 0) is 11.5 Å². The van der Waals surface area contributed by atoms with Gasteiger partial charge in [-0.2, -0.15) is 0 Å². The van der Waals surface area contributed by atoms with Gasteiger partial charge in [-0.15, -0.1) is 0 Å². The zero-order valence-corrected chi connectivity index (χ0v) is 12.2. The Kier molecular flexibility index (Phi) is 3.01. The van der Waals surface area contributed by atoms with E-state index in [1.54, 1.807) is 0 Å². The van der Waals surface area contributed by atoms with Gasteiger partial charge in [-0.1, -0.05) is 41.7 Å². The van der Waals surface area contributed by atoms with E-state index in [1.807, 2.05) is 30.3 Å². The molecule has 1 N–H and O–H groups in total. The Hall–Kier alpha value is -2.86. The van der Waals surface area contributed by atoms with Crippen molar-refractivity contribution >= 4 is 43.4 Å². The number of amides is 1. The molecule has 4 aromatic rings. The molecular weight excluding hydrogens is 296 g/mol. The van der Waals surface area contributed by atoms with E-state index in [-0.39, 0.29) is 11.6 Å². The number of thiazole rings is 1. The summed E-state index contributed by atoms with van der Waals surface area (Å²) < 4.78 is 1.04. The molecule has 0 aliphatic heterocycles. The van der Waals surface area contributed by atoms with Crippen molar-refractivity contribution < 1.29 is 4.79 Å². The first-order valence-electron chi connectivity index (χ1n) is 6.67. The molecule has 0 fully saturated rings. The van der Waals surface area contributed by atoms with Crippen LogP contribution in [0, 0.1) is 0 Å². The number of aromatic nitrogens is 3. The van der Waals surface area contributed by atoms with Crippen LogP contribution < -0.4 is 5.32 Å². The Morgan fingerprint density at radius 1 is 1.09 bits per heavy atom. The van der Waals surface area contributed by atoms with Gasteiger partial charge in [0, 0.05) is 17.8 Å². The van der Waals surface area contributed by atoms with Crippen molar-refractivity contribution in [3.8, 4) is 0 Å². The van der Waals surface area contributed by atoms with Crippen LogP contribution in [-0.4, -0.2) is 20.9 Å². The highest BCUT2D eigenvalue weighted by atomic mass is 32.1. The van der Waals surface area contributed by atoms with E-state index in [2.05, 4.69) is 26.3 Å². The lowest BCUT2D eigenvalue weighted by Gasteiger charge is -1.99. The SMILES string of the molecule is O=C(Nc1nc2c(ccc3ccccc32)s1)c1cnccn1. The topological polar surface area (TPSA) is 67.8 Å². The second kappa shape index (κ2) is 5.16. The molecule has 4 rings (SSSR count). The van der Waals surface area contributed by atoms with Gasteiger partial charge < -0.3 is 0 Å². The number of fused-ring (bicyclic) bond motifs is 3. The monoisotopic (exact) mass is 306 g/mol. The average molecular weight is 306 g/mol. The van der Waals surface area contributed by atoms with E-state index in [0.717, 1.165) is 21.0 Å². The predicted molar refractivity (Wildman–Crippen MR) is 87.1 cm³/mol. The molecular formula is C16H10N4OS. The minimum absolute atomic E-state index is 0.270. The lowest BCUT2D eigenvalue weighted by Crippen LogP contribution is -2.13. The quantitative estimate of drug-likeness (QED) is 0.615. The first kappa shape index (κ1) is 12.8. The summed E-state index contributed by atoms with van der Waals surface area (Å²) in [6, 6.07) is 12.1. The molecule has 0 bridgehead atoms. The smallest absolute Gasteiger partial charge is 0.277 e. The highest BCUT2D eigenvalue weighted by molar-refractivity contribution is 7.22. The summed E-state index contributed by atoms with van der Waals surface area (Å²) in [7, 11) is 0. The van der Waals surface area contributed by atoms with Gasteiger partial charge in [-0.25, -0.2) is 9.97 Å². The third kappa shape index (κ3) is 2.19. The summed E-state index contributed by atoms with van der Waals surface area (Å²) >= 11 is 1.44. The minimum atomic E-state index is -0.309. The third-order valence-corrected chi connectivity index (χ3v) is 4.24. The van der Waals surface area contributed by atoms with Gasteiger partial charge in [0.15, 0.2) is 5.13 Å². The maximum Gasteiger partial charge on any atom is 0.277 e. The summed E-state index contributed by atoms with van der Waals surface area (Å²) in [5.74, 6) is -0.309. The zero-order valence-electron chi connectivity index (χ0n) is 11.4. The molecule has 0 saturated heterocycles. The molecule has 2 aromatic carbocycles. The van der Waals surface area contributed by atoms with E-state index in [0.29, 0.717) is 5.13 Å². The van der Waals surface area contributed by atoms with Crippen molar-refractivity contribution in [1.82, 2.24) is 15.0 Å². The number of carbonyl (C=O) groups excluding carboxylic acids is 1. The highest BCUT2D eigenvalue weighted by Gasteiger charge is 2.12. The van der Waals surface area contributed by atoms with E-state index in [1.165, 1.54) is 29.9 Å². The van der Waals surface area contributed by atoms with Gasteiger partial charge in [0.2, 0.25) is 0 Å². The van der Waals surface area contributed by atoms with Gasteiger partial charge >= 0.3 is 0 Å². The van der Waals surface area contributed by atoms with Crippen LogP contribution in [-0.2, 0) is 0 Å². The molecule has 2 aromatic heterocycles. The number of nitrogens with zero attached hydrogens (tertiary/aromatic N) is 3. The molecule has 106 valence electrons. The van der Waals surface area contributed by atoms with Crippen molar-refractivity contribution in [2.24, 2.45) is 0 Å². The summed E-state index contributed by atoms with van der Waals surface area (Å²) in [6.45, 7) is 0. The average Bonchev–Trinajstić information content (AvgIpc) is 2.98. The minimum Gasteiger partial charge on any atom is -0.296 e. The predicted octanol–water partition coefficient (Wildman–Crippen LogP) is 3.49. The van der Waals surface area contributed by atoms with Crippen LogP contribution in [0.5, 0.6) is 0 Å². The summed E-state index contributed by atoms with van der Waals surface area (Å²) in [4.78, 5) is 24.5. The van der Waals surface area contributed by atoms with Crippen LogP contribution in [0.3, 0.4) is 0 Å². The Morgan fingerprint density at radius 2 is 2.00 bits per heavy atom. The lowest BCUT2D eigenvalue weighted by atomic mass is 10.1.